The number of benzene rings is 1. The van der Waals surface area contributed by atoms with Crippen molar-refractivity contribution in [3.8, 4) is 0 Å². The molecule has 0 aliphatic heterocycles. The van der Waals surface area contributed by atoms with Gasteiger partial charge in [-0.2, -0.15) is 13.2 Å². The minimum atomic E-state index is -4.29. The summed E-state index contributed by atoms with van der Waals surface area (Å²) in [5.41, 5.74) is 1.95. The Balaban J connectivity index is 2.54. The molecule has 17 heavy (non-hydrogen) atoms. The van der Waals surface area contributed by atoms with Gasteiger partial charge in [-0.1, -0.05) is 29.8 Å². The van der Waals surface area contributed by atoms with E-state index in [0.29, 0.717) is 0 Å². The molecule has 0 aliphatic carbocycles. The molecule has 0 bridgehead atoms. The molecule has 0 amide bonds. The van der Waals surface area contributed by atoms with Crippen LogP contribution in [0, 0.1) is 6.92 Å². The van der Waals surface area contributed by atoms with E-state index < -0.39 is 12.8 Å². The highest BCUT2D eigenvalue weighted by Crippen LogP contribution is 2.21. The van der Waals surface area contributed by atoms with Gasteiger partial charge in [-0.15, -0.1) is 11.6 Å². The van der Waals surface area contributed by atoms with E-state index in [1.807, 2.05) is 31.2 Å². The van der Waals surface area contributed by atoms with Gasteiger partial charge in [0.15, 0.2) is 0 Å². The van der Waals surface area contributed by atoms with E-state index in [-0.39, 0.29) is 18.4 Å². The van der Waals surface area contributed by atoms with Crippen molar-refractivity contribution in [3.05, 3.63) is 35.4 Å². The molecule has 0 saturated carbocycles. The van der Waals surface area contributed by atoms with Gasteiger partial charge in [0.1, 0.15) is 6.61 Å². The molecule has 1 rings (SSSR count). The highest BCUT2D eigenvalue weighted by molar-refractivity contribution is 6.18. The van der Waals surface area contributed by atoms with E-state index in [4.69, 9.17) is 11.6 Å². The smallest absolute Gasteiger partial charge is 0.371 e. The summed E-state index contributed by atoms with van der Waals surface area (Å²) in [7, 11) is 0. The molecule has 0 heterocycles. The lowest BCUT2D eigenvalue weighted by Crippen LogP contribution is -2.20. The number of hydrogen-bond acceptors (Lipinski definition) is 1. The third kappa shape index (κ3) is 5.41. The first kappa shape index (κ1) is 14.3. The summed E-state index contributed by atoms with van der Waals surface area (Å²) in [6.07, 6.45) is -4.29. The lowest BCUT2D eigenvalue weighted by atomic mass is 10.0. The summed E-state index contributed by atoms with van der Waals surface area (Å²) in [6, 6.07) is 7.53. The Labute approximate surface area is 104 Å². The molecular weight excluding hydrogens is 253 g/mol. The number of alkyl halides is 4. The Hall–Kier alpha value is -0.740. The van der Waals surface area contributed by atoms with E-state index in [1.54, 1.807) is 0 Å². The molecule has 1 aromatic carbocycles. The van der Waals surface area contributed by atoms with Crippen LogP contribution in [0.15, 0.2) is 24.3 Å². The van der Waals surface area contributed by atoms with Crippen LogP contribution in [0.25, 0.3) is 0 Å². The molecule has 0 spiro atoms. The number of hydrogen-bond donors (Lipinski definition) is 0. The van der Waals surface area contributed by atoms with Crippen molar-refractivity contribution in [2.24, 2.45) is 0 Å². The van der Waals surface area contributed by atoms with Gasteiger partial charge in [0.05, 0.1) is 6.61 Å². The second kappa shape index (κ2) is 6.26. The Bertz CT molecular complexity index is 352. The fraction of sp³-hybridized carbons (Fsp3) is 0.500. The molecule has 0 aromatic heterocycles. The van der Waals surface area contributed by atoms with Crippen LogP contribution < -0.4 is 0 Å². The van der Waals surface area contributed by atoms with Crippen LogP contribution in [0.1, 0.15) is 17.0 Å². The highest BCUT2D eigenvalue weighted by Gasteiger charge is 2.28. The monoisotopic (exact) mass is 266 g/mol. The molecule has 96 valence electrons. The minimum Gasteiger partial charge on any atom is -0.371 e. The largest absolute Gasteiger partial charge is 0.411 e. The lowest BCUT2D eigenvalue weighted by molar-refractivity contribution is -0.174. The molecule has 0 aliphatic rings. The molecule has 1 unspecified atom stereocenters. The van der Waals surface area contributed by atoms with E-state index in [1.165, 1.54) is 0 Å². The molecule has 1 aromatic rings. The van der Waals surface area contributed by atoms with Gasteiger partial charge in [0, 0.05) is 11.8 Å². The topological polar surface area (TPSA) is 9.23 Å². The first-order chi connectivity index (χ1) is 7.92. The Morgan fingerprint density at radius 1 is 1.35 bits per heavy atom. The van der Waals surface area contributed by atoms with Gasteiger partial charge < -0.3 is 4.74 Å². The van der Waals surface area contributed by atoms with Crippen molar-refractivity contribution in [3.63, 3.8) is 0 Å². The average molecular weight is 267 g/mol. The molecular formula is C12H14ClF3O. The van der Waals surface area contributed by atoms with Crippen molar-refractivity contribution < 1.29 is 17.9 Å². The molecule has 0 fully saturated rings. The molecule has 1 nitrogen and oxygen atoms in total. The Morgan fingerprint density at radius 3 is 2.59 bits per heavy atom. The maximum atomic E-state index is 11.9. The minimum absolute atomic E-state index is 0.0214. The fourth-order valence-corrected chi connectivity index (χ4v) is 1.74. The molecule has 0 saturated heterocycles. The van der Waals surface area contributed by atoms with E-state index in [9.17, 15) is 13.2 Å². The van der Waals surface area contributed by atoms with E-state index >= 15 is 0 Å². The van der Waals surface area contributed by atoms with Gasteiger partial charge in [-0.05, 0) is 12.5 Å². The van der Waals surface area contributed by atoms with Crippen LogP contribution in [-0.2, 0) is 4.74 Å². The van der Waals surface area contributed by atoms with Gasteiger partial charge in [-0.3, -0.25) is 0 Å². The maximum Gasteiger partial charge on any atom is 0.411 e. The third-order valence-electron chi connectivity index (χ3n) is 2.28. The van der Waals surface area contributed by atoms with Crippen molar-refractivity contribution in [2.75, 3.05) is 19.1 Å². The summed E-state index contributed by atoms with van der Waals surface area (Å²) < 4.78 is 40.4. The number of rotatable bonds is 5. The predicted molar refractivity (Wildman–Crippen MR) is 61.5 cm³/mol. The molecule has 0 radical (unpaired) electrons. The summed E-state index contributed by atoms with van der Waals surface area (Å²) in [6.45, 7) is 0.671. The van der Waals surface area contributed by atoms with Gasteiger partial charge in [-0.25, -0.2) is 0 Å². The first-order valence-corrected chi connectivity index (χ1v) is 5.73. The average Bonchev–Trinajstić information content (AvgIpc) is 2.23. The van der Waals surface area contributed by atoms with Crippen molar-refractivity contribution in [2.45, 2.75) is 19.0 Å². The summed E-state index contributed by atoms with van der Waals surface area (Å²) in [4.78, 5) is 0. The molecule has 5 heteroatoms. The maximum absolute atomic E-state index is 11.9. The lowest BCUT2D eigenvalue weighted by Gasteiger charge is -2.16. The second-order valence-corrected chi connectivity index (χ2v) is 4.20. The standard InChI is InChI=1S/C12H14ClF3O/c1-9-3-2-4-10(5-9)11(6-13)7-17-8-12(14,15)16/h2-5,11H,6-8H2,1H3. The highest BCUT2D eigenvalue weighted by atomic mass is 35.5. The summed E-state index contributed by atoms with van der Waals surface area (Å²) in [5, 5.41) is 0. The van der Waals surface area contributed by atoms with E-state index in [0.717, 1.165) is 11.1 Å². The third-order valence-corrected chi connectivity index (χ3v) is 2.66. The quantitative estimate of drug-likeness (QED) is 0.735. The van der Waals surface area contributed by atoms with Crippen LogP contribution in [-0.4, -0.2) is 25.3 Å². The Morgan fingerprint density at radius 2 is 2.06 bits per heavy atom. The van der Waals surface area contributed by atoms with Gasteiger partial charge in [0.2, 0.25) is 0 Å². The predicted octanol–water partition coefficient (Wildman–Crippen LogP) is 3.90. The van der Waals surface area contributed by atoms with Crippen LogP contribution in [0.4, 0.5) is 13.2 Å². The van der Waals surface area contributed by atoms with Crippen LogP contribution >= 0.6 is 11.6 Å². The number of aryl methyl sites for hydroxylation is 1. The SMILES string of the molecule is Cc1cccc(C(CCl)COCC(F)(F)F)c1. The summed E-state index contributed by atoms with van der Waals surface area (Å²) in [5.74, 6) is 0.0281. The van der Waals surface area contributed by atoms with Crippen molar-refractivity contribution in [1.82, 2.24) is 0 Å². The zero-order valence-corrected chi connectivity index (χ0v) is 10.2. The van der Waals surface area contributed by atoms with Gasteiger partial charge in [0.25, 0.3) is 0 Å². The number of halogens is 4. The first-order valence-electron chi connectivity index (χ1n) is 5.19. The number of ether oxygens (including phenoxy) is 1. The normalized spacial score (nSPS) is 13.7. The van der Waals surface area contributed by atoms with Gasteiger partial charge >= 0.3 is 6.18 Å². The van der Waals surface area contributed by atoms with Crippen LogP contribution in [0.2, 0.25) is 0 Å². The Kier molecular flexibility index (Phi) is 5.28. The summed E-state index contributed by atoms with van der Waals surface area (Å²) >= 11 is 5.74. The van der Waals surface area contributed by atoms with Crippen LogP contribution in [0.5, 0.6) is 0 Å². The zero-order chi connectivity index (χ0) is 12.9. The van der Waals surface area contributed by atoms with Crippen LogP contribution in [0.3, 0.4) is 0 Å². The van der Waals surface area contributed by atoms with E-state index in [2.05, 4.69) is 4.74 Å². The van der Waals surface area contributed by atoms with Crippen molar-refractivity contribution in [1.29, 1.82) is 0 Å². The zero-order valence-electron chi connectivity index (χ0n) is 9.43. The van der Waals surface area contributed by atoms with Crippen molar-refractivity contribution >= 4 is 11.6 Å². The molecule has 1 atom stereocenters. The second-order valence-electron chi connectivity index (χ2n) is 3.90. The molecule has 0 N–H and O–H groups in total. The fourth-order valence-electron chi connectivity index (χ4n) is 1.47.